The number of rotatable bonds is 0. The second-order valence-electron chi connectivity index (χ2n) is 8.94. The number of aromatic nitrogens is 1. The Hall–Kier alpha value is -3.84. The Morgan fingerprint density at radius 2 is 1.32 bits per heavy atom. The summed E-state index contributed by atoms with van der Waals surface area (Å²) in [5, 5.41) is 4.16. The molecule has 0 atom stereocenters. The van der Waals surface area contributed by atoms with Gasteiger partial charge >= 0.3 is 0 Å². The van der Waals surface area contributed by atoms with E-state index in [4.69, 9.17) is 0 Å². The van der Waals surface area contributed by atoms with Gasteiger partial charge in [0.15, 0.2) is 0 Å². The lowest BCUT2D eigenvalue weighted by Gasteiger charge is -2.16. The lowest BCUT2D eigenvalue weighted by molar-refractivity contribution is 1.25. The average Bonchev–Trinajstić information content (AvgIpc) is 3.53. The van der Waals surface area contributed by atoms with Gasteiger partial charge in [0.25, 0.3) is 0 Å². The molecule has 0 aliphatic heterocycles. The average molecular weight is 393 g/mol. The lowest BCUT2D eigenvalue weighted by Crippen LogP contribution is -1.96. The van der Waals surface area contributed by atoms with Gasteiger partial charge in [0.05, 0.1) is 11.0 Å². The Labute approximate surface area is 180 Å². The molecule has 144 valence electrons. The molecule has 1 heteroatoms. The second-order valence-corrected chi connectivity index (χ2v) is 8.94. The third kappa shape index (κ3) is 1.88. The van der Waals surface area contributed by atoms with Crippen LogP contribution in [0.4, 0.5) is 0 Å². The zero-order valence-electron chi connectivity index (χ0n) is 17.0. The van der Waals surface area contributed by atoms with Gasteiger partial charge in [0.1, 0.15) is 0 Å². The molecule has 0 saturated heterocycles. The van der Waals surface area contributed by atoms with E-state index >= 15 is 0 Å². The molecule has 1 nitrogen and oxygen atoms in total. The van der Waals surface area contributed by atoms with Gasteiger partial charge in [-0.1, -0.05) is 72.8 Å². The van der Waals surface area contributed by atoms with E-state index in [0.29, 0.717) is 0 Å². The Morgan fingerprint density at radius 3 is 2.23 bits per heavy atom. The minimum absolute atomic E-state index is 1.02. The van der Waals surface area contributed by atoms with E-state index in [1.807, 2.05) is 0 Å². The van der Waals surface area contributed by atoms with Crippen molar-refractivity contribution in [1.82, 2.24) is 4.40 Å². The molecule has 0 amide bonds. The van der Waals surface area contributed by atoms with Gasteiger partial charge in [0, 0.05) is 22.5 Å². The van der Waals surface area contributed by atoms with Crippen LogP contribution < -0.4 is 0 Å². The van der Waals surface area contributed by atoms with Gasteiger partial charge < -0.3 is 4.40 Å². The molecule has 4 aromatic carbocycles. The van der Waals surface area contributed by atoms with Crippen LogP contribution in [0.15, 0.2) is 91.1 Å². The van der Waals surface area contributed by atoms with Crippen molar-refractivity contribution in [2.45, 2.75) is 12.8 Å². The first kappa shape index (κ1) is 15.9. The number of nitrogens with zero attached hydrogens (tertiary/aromatic N) is 1. The fraction of sp³-hybridized carbons (Fsp3) is 0.0667. The first-order chi connectivity index (χ1) is 15.4. The van der Waals surface area contributed by atoms with E-state index in [1.54, 1.807) is 0 Å². The maximum Gasteiger partial charge on any atom is 0.0615 e. The molecular formula is C30H19N. The topological polar surface area (TPSA) is 4.41 Å². The van der Waals surface area contributed by atoms with Crippen LogP contribution in [0.5, 0.6) is 0 Å². The predicted molar refractivity (Wildman–Crippen MR) is 129 cm³/mol. The Kier molecular flexibility index (Phi) is 2.80. The lowest BCUT2D eigenvalue weighted by atomic mass is 9.93. The second kappa shape index (κ2) is 5.44. The molecule has 8 rings (SSSR count). The highest BCUT2D eigenvalue weighted by molar-refractivity contribution is 6.19. The number of pyridine rings is 1. The third-order valence-corrected chi connectivity index (χ3v) is 7.45. The predicted octanol–water partition coefficient (Wildman–Crippen LogP) is 7.39. The van der Waals surface area contributed by atoms with E-state index in [2.05, 4.69) is 95.5 Å². The molecule has 0 radical (unpaired) electrons. The first-order valence-electron chi connectivity index (χ1n) is 11.1. The van der Waals surface area contributed by atoms with E-state index in [0.717, 1.165) is 12.8 Å². The summed E-state index contributed by atoms with van der Waals surface area (Å²) in [5.74, 6) is 0. The fourth-order valence-electron chi connectivity index (χ4n) is 6.18. The van der Waals surface area contributed by atoms with Gasteiger partial charge in [-0.05, 0) is 69.3 Å². The van der Waals surface area contributed by atoms with Crippen LogP contribution in [0.2, 0.25) is 0 Å². The molecule has 0 spiro atoms. The summed E-state index contributed by atoms with van der Waals surface area (Å²) in [6.07, 6.45) is 4.28. The molecule has 0 fully saturated rings. The summed E-state index contributed by atoms with van der Waals surface area (Å²) < 4.78 is 2.42. The molecular weight excluding hydrogens is 374 g/mol. The van der Waals surface area contributed by atoms with E-state index in [9.17, 15) is 0 Å². The molecule has 2 heterocycles. The Morgan fingerprint density at radius 1 is 0.548 bits per heavy atom. The minimum atomic E-state index is 1.02. The highest BCUT2D eigenvalue weighted by Gasteiger charge is 2.26. The Bertz CT molecular complexity index is 1730. The molecule has 0 bridgehead atoms. The molecule has 0 saturated carbocycles. The van der Waals surface area contributed by atoms with Crippen molar-refractivity contribution in [2.24, 2.45) is 0 Å². The van der Waals surface area contributed by atoms with Crippen LogP contribution in [0.3, 0.4) is 0 Å². The number of fused-ring (bicyclic) bond motifs is 14. The van der Waals surface area contributed by atoms with Crippen LogP contribution in [-0.4, -0.2) is 4.40 Å². The van der Waals surface area contributed by atoms with Crippen molar-refractivity contribution >= 4 is 27.2 Å². The summed E-state index contributed by atoms with van der Waals surface area (Å²) >= 11 is 0. The number of hydrogen-bond acceptors (Lipinski definition) is 0. The largest absolute Gasteiger partial charge is 0.315 e. The van der Waals surface area contributed by atoms with Crippen molar-refractivity contribution in [3.8, 4) is 22.3 Å². The van der Waals surface area contributed by atoms with Crippen molar-refractivity contribution in [2.75, 3.05) is 0 Å². The van der Waals surface area contributed by atoms with Crippen molar-refractivity contribution in [3.05, 3.63) is 113 Å². The highest BCUT2D eigenvalue weighted by Crippen LogP contribution is 2.47. The molecule has 0 N–H and O–H groups in total. The van der Waals surface area contributed by atoms with Crippen LogP contribution >= 0.6 is 0 Å². The van der Waals surface area contributed by atoms with E-state index in [-0.39, 0.29) is 0 Å². The van der Waals surface area contributed by atoms with Crippen molar-refractivity contribution < 1.29 is 0 Å². The summed E-state index contributed by atoms with van der Waals surface area (Å²) in [6, 6.07) is 31.7. The van der Waals surface area contributed by atoms with Gasteiger partial charge in [-0.2, -0.15) is 0 Å². The third-order valence-electron chi connectivity index (χ3n) is 7.45. The zero-order chi connectivity index (χ0) is 20.1. The van der Waals surface area contributed by atoms with Crippen molar-refractivity contribution in [1.29, 1.82) is 0 Å². The smallest absolute Gasteiger partial charge is 0.0615 e. The minimum Gasteiger partial charge on any atom is -0.315 e. The number of hydrogen-bond donors (Lipinski definition) is 0. The van der Waals surface area contributed by atoms with Gasteiger partial charge in [-0.3, -0.25) is 0 Å². The van der Waals surface area contributed by atoms with Gasteiger partial charge in [0.2, 0.25) is 0 Å². The van der Waals surface area contributed by atoms with E-state index in [1.165, 1.54) is 71.7 Å². The van der Waals surface area contributed by atoms with Crippen LogP contribution in [-0.2, 0) is 12.8 Å². The molecule has 2 aliphatic carbocycles. The van der Waals surface area contributed by atoms with E-state index < -0.39 is 0 Å². The highest BCUT2D eigenvalue weighted by atomic mass is 14.9. The monoisotopic (exact) mass is 393 g/mol. The Balaban J connectivity index is 1.61. The fourth-order valence-corrected chi connectivity index (χ4v) is 6.18. The molecule has 31 heavy (non-hydrogen) atoms. The quantitative estimate of drug-likeness (QED) is 0.237. The summed E-state index contributed by atoms with van der Waals surface area (Å²) in [4.78, 5) is 0. The van der Waals surface area contributed by atoms with Gasteiger partial charge in [-0.25, -0.2) is 0 Å². The number of benzene rings is 4. The van der Waals surface area contributed by atoms with Crippen LogP contribution in [0, 0.1) is 0 Å². The van der Waals surface area contributed by atoms with Crippen LogP contribution in [0.1, 0.15) is 22.3 Å². The molecule has 6 aromatic rings. The molecule has 0 unspecified atom stereocenters. The summed E-state index contributed by atoms with van der Waals surface area (Å²) in [5.41, 5.74) is 14.1. The van der Waals surface area contributed by atoms with Gasteiger partial charge in [-0.15, -0.1) is 0 Å². The first-order valence-corrected chi connectivity index (χ1v) is 11.1. The maximum absolute atomic E-state index is 2.42. The SMILES string of the molecule is c1ccc2c(c1)Cc1c-2ccc2c1c1ccc3c(c1n1cccc21)-c1ccccc1C3. The maximum atomic E-state index is 2.42. The molecule has 2 aliphatic rings. The zero-order valence-corrected chi connectivity index (χ0v) is 17.0. The summed E-state index contributed by atoms with van der Waals surface area (Å²) in [7, 11) is 0. The normalized spacial score (nSPS) is 13.5. The summed E-state index contributed by atoms with van der Waals surface area (Å²) in [6.45, 7) is 0. The van der Waals surface area contributed by atoms with Crippen molar-refractivity contribution in [3.63, 3.8) is 0 Å². The molecule has 2 aromatic heterocycles. The van der Waals surface area contributed by atoms with Crippen LogP contribution in [0.25, 0.3) is 49.4 Å². The standard InChI is InChI=1S/C30H19N/c1-3-8-21-19(7-1)17-26-23(21)13-14-24-27-10-5-15-31(27)30-25(29(24)26)12-11-20-16-18-6-2-4-9-22(18)28(20)30/h1-15H,16-17H2.